The highest BCUT2D eigenvalue weighted by Gasteiger charge is 2.11. The Balaban J connectivity index is 1.66. The van der Waals surface area contributed by atoms with Crippen LogP contribution in [0.1, 0.15) is 27.4 Å². The third kappa shape index (κ3) is 5.41. The maximum Gasteiger partial charge on any atom is 0.270 e. The maximum absolute atomic E-state index is 12.5. The molecular formula is C21H23N5O3. The van der Waals surface area contributed by atoms with Gasteiger partial charge in [0.05, 0.1) is 14.2 Å². The van der Waals surface area contributed by atoms with Crippen molar-refractivity contribution in [2.75, 3.05) is 19.5 Å². The number of nitrogens with zero attached hydrogens (tertiary/aromatic N) is 3. The molecule has 2 heterocycles. The monoisotopic (exact) mass is 393 g/mol. The second kappa shape index (κ2) is 9.50. The van der Waals surface area contributed by atoms with Gasteiger partial charge in [-0.15, -0.1) is 0 Å². The molecule has 0 saturated carbocycles. The lowest BCUT2D eigenvalue weighted by atomic mass is 10.2. The fourth-order valence-corrected chi connectivity index (χ4v) is 2.73. The molecule has 3 aromatic rings. The zero-order valence-corrected chi connectivity index (χ0v) is 16.6. The largest absolute Gasteiger partial charge is 0.493 e. The fourth-order valence-electron chi connectivity index (χ4n) is 2.73. The summed E-state index contributed by atoms with van der Waals surface area (Å²) in [6.07, 6.45) is 3.40. The van der Waals surface area contributed by atoms with Crippen LogP contribution in [-0.4, -0.2) is 35.1 Å². The number of anilines is 1. The highest BCUT2D eigenvalue weighted by molar-refractivity contribution is 5.92. The lowest BCUT2D eigenvalue weighted by molar-refractivity contribution is 0.0945. The van der Waals surface area contributed by atoms with Gasteiger partial charge in [0.2, 0.25) is 0 Å². The number of benzene rings is 1. The minimum atomic E-state index is -0.270. The van der Waals surface area contributed by atoms with Gasteiger partial charge in [-0.25, -0.2) is 9.97 Å². The van der Waals surface area contributed by atoms with Gasteiger partial charge >= 0.3 is 0 Å². The van der Waals surface area contributed by atoms with Crippen molar-refractivity contribution in [3.05, 3.63) is 71.4 Å². The van der Waals surface area contributed by atoms with Crippen LogP contribution in [0.15, 0.2) is 48.8 Å². The van der Waals surface area contributed by atoms with Crippen LogP contribution in [0.4, 0.5) is 5.82 Å². The zero-order valence-electron chi connectivity index (χ0n) is 16.6. The Morgan fingerprint density at radius 2 is 1.83 bits per heavy atom. The molecule has 0 aliphatic carbocycles. The van der Waals surface area contributed by atoms with Crippen molar-refractivity contribution >= 4 is 11.7 Å². The van der Waals surface area contributed by atoms with Gasteiger partial charge in [0.15, 0.2) is 11.5 Å². The predicted octanol–water partition coefficient (Wildman–Crippen LogP) is 2.74. The molecule has 1 amide bonds. The van der Waals surface area contributed by atoms with Gasteiger partial charge in [-0.2, -0.15) is 0 Å². The van der Waals surface area contributed by atoms with Gasteiger partial charge in [-0.3, -0.25) is 9.78 Å². The summed E-state index contributed by atoms with van der Waals surface area (Å²) < 4.78 is 10.6. The van der Waals surface area contributed by atoms with Crippen molar-refractivity contribution in [3.63, 3.8) is 0 Å². The van der Waals surface area contributed by atoms with Crippen LogP contribution < -0.4 is 20.1 Å². The standard InChI is InChI=1S/C21H23N5O3/c1-14-25-17(21(27)24-13-16-5-4-8-22-11-16)10-20(26-14)23-12-15-6-7-18(28-2)19(9-15)29-3/h4-11H,12-13H2,1-3H3,(H,24,27)(H,23,25,26). The molecule has 1 aromatic carbocycles. The van der Waals surface area contributed by atoms with Crippen molar-refractivity contribution < 1.29 is 14.3 Å². The number of rotatable bonds is 8. The molecule has 0 aliphatic heterocycles. The second-order valence-corrected chi connectivity index (χ2v) is 6.27. The average molecular weight is 393 g/mol. The molecule has 8 nitrogen and oxygen atoms in total. The number of carbonyl (C=O) groups excluding carboxylic acids is 1. The summed E-state index contributed by atoms with van der Waals surface area (Å²) in [6, 6.07) is 11.0. The Bertz CT molecular complexity index is 979. The molecule has 0 unspecified atom stereocenters. The molecule has 0 radical (unpaired) electrons. The SMILES string of the molecule is COc1ccc(CNc2cc(C(=O)NCc3cccnc3)nc(C)n2)cc1OC. The van der Waals surface area contributed by atoms with Crippen molar-refractivity contribution in [1.82, 2.24) is 20.3 Å². The van der Waals surface area contributed by atoms with E-state index in [0.29, 0.717) is 41.9 Å². The molecule has 8 heteroatoms. The number of ether oxygens (including phenoxy) is 2. The first-order valence-corrected chi connectivity index (χ1v) is 9.06. The predicted molar refractivity (Wildman–Crippen MR) is 109 cm³/mol. The first-order valence-electron chi connectivity index (χ1n) is 9.06. The van der Waals surface area contributed by atoms with E-state index >= 15 is 0 Å². The topological polar surface area (TPSA) is 98.3 Å². The Hall–Kier alpha value is -3.68. The van der Waals surface area contributed by atoms with Gasteiger partial charge in [0, 0.05) is 31.5 Å². The molecule has 0 aliphatic rings. The fraction of sp³-hybridized carbons (Fsp3) is 0.238. The van der Waals surface area contributed by atoms with E-state index in [-0.39, 0.29) is 5.91 Å². The normalized spacial score (nSPS) is 10.3. The summed E-state index contributed by atoms with van der Waals surface area (Å²) in [6.45, 7) is 2.64. The molecular weight excluding hydrogens is 370 g/mol. The molecule has 150 valence electrons. The van der Waals surface area contributed by atoms with Gasteiger partial charge in [-0.05, 0) is 36.2 Å². The van der Waals surface area contributed by atoms with Gasteiger partial charge in [0.1, 0.15) is 17.3 Å². The van der Waals surface area contributed by atoms with E-state index in [0.717, 1.165) is 11.1 Å². The molecule has 0 spiro atoms. The maximum atomic E-state index is 12.5. The minimum absolute atomic E-state index is 0.270. The van der Waals surface area contributed by atoms with Crippen LogP contribution in [0.5, 0.6) is 11.5 Å². The summed E-state index contributed by atoms with van der Waals surface area (Å²) in [7, 11) is 3.19. The summed E-state index contributed by atoms with van der Waals surface area (Å²) in [5.41, 5.74) is 2.20. The molecule has 0 atom stereocenters. The van der Waals surface area contributed by atoms with Gasteiger partial charge in [-0.1, -0.05) is 12.1 Å². The number of carbonyl (C=O) groups is 1. The van der Waals surface area contributed by atoms with Crippen LogP contribution in [-0.2, 0) is 13.1 Å². The molecule has 0 saturated heterocycles. The van der Waals surface area contributed by atoms with Crippen molar-refractivity contribution in [3.8, 4) is 11.5 Å². The first-order chi connectivity index (χ1) is 14.1. The van der Waals surface area contributed by atoms with E-state index in [1.54, 1.807) is 39.6 Å². The minimum Gasteiger partial charge on any atom is -0.493 e. The van der Waals surface area contributed by atoms with Gasteiger partial charge in [0.25, 0.3) is 5.91 Å². The van der Waals surface area contributed by atoms with Crippen LogP contribution >= 0.6 is 0 Å². The zero-order chi connectivity index (χ0) is 20.6. The molecule has 0 fully saturated rings. The number of pyridine rings is 1. The second-order valence-electron chi connectivity index (χ2n) is 6.27. The summed E-state index contributed by atoms with van der Waals surface area (Å²) in [5, 5.41) is 6.07. The third-order valence-corrected chi connectivity index (χ3v) is 4.17. The Morgan fingerprint density at radius 1 is 1.00 bits per heavy atom. The van der Waals surface area contributed by atoms with Crippen molar-refractivity contribution in [2.24, 2.45) is 0 Å². The Morgan fingerprint density at radius 3 is 2.55 bits per heavy atom. The molecule has 29 heavy (non-hydrogen) atoms. The van der Waals surface area contributed by atoms with Crippen LogP contribution in [0.3, 0.4) is 0 Å². The van der Waals surface area contributed by atoms with Gasteiger partial charge < -0.3 is 20.1 Å². The van der Waals surface area contributed by atoms with Crippen LogP contribution in [0.2, 0.25) is 0 Å². The molecule has 3 rings (SSSR count). The number of hydrogen-bond donors (Lipinski definition) is 2. The quantitative estimate of drug-likeness (QED) is 0.607. The number of amides is 1. The van der Waals surface area contributed by atoms with Crippen molar-refractivity contribution in [2.45, 2.75) is 20.0 Å². The first kappa shape index (κ1) is 20.1. The summed E-state index contributed by atoms with van der Waals surface area (Å²) in [4.78, 5) is 25.1. The smallest absolute Gasteiger partial charge is 0.270 e. The van der Waals surface area contributed by atoms with E-state index in [2.05, 4.69) is 25.6 Å². The summed E-state index contributed by atoms with van der Waals surface area (Å²) >= 11 is 0. The number of methoxy groups -OCH3 is 2. The number of nitrogens with one attached hydrogen (secondary N) is 2. The van der Waals surface area contributed by atoms with Crippen molar-refractivity contribution in [1.29, 1.82) is 0 Å². The number of aromatic nitrogens is 3. The summed E-state index contributed by atoms with van der Waals surface area (Å²) in [5.74, 6) is 2.13. The van der Waals surface area contributed by atoms with Crippen LogP contribution in [0.25, 0.3) is 0 Å². The van der Waals surface area contributed by atoms with E-state index in [1.807, 2.05) is 30.3 Å². The number of hydrogen-bond acceptors (Lipinski definition) is 7. The highest BCUT2D eigenvalue weighted by Crippen LogP contribution is 2.27. The molecule has 2 aromatic heterocycles. The van der Waals surface area contributed by atoms with E-state index in [1.165, 1.54) is 0 Å². The number of aryl methyl sites for hydroxylation is 1. The highest BCUT2D eigenvalue weighted by atomic mass is 16.5. The molecule has 0 bridgehead atoms. The lowest BCUT2D eigenvalue weighted by Crippen LogP contribution is -2.24. The van der Waals surface area contributed by atoms with E-state index in [9.17, 15) is 4.79 Å². The lowest BCUT2D eigenvalue weighted by Gasteiger charge is -2.11. The third-order valence-electron chi connectivity index (χ3n) is 4.17. The Labute approximate surface area is 169 Å². The average Bonchev–Trinajstić information content (AvgIpc) is 2.76. The van der Waals surface area contributed by atoms with E-state index < -0.39 is 0 Å². The Kier molecular flexibility index (Phi) is 6.57. The van der Waals surface area contributed by atoms with Crippen LogP contribution in [0, 0.1) is 6.92 Å². The molecule has 2 N–H and O–H groups in total. The van der Waals surface area contributed by atoms with E-state index in [4.69, 9.17) is 9.47 Å².